The van der Waals surface area contributed by atoms with Crippen LogP contribution in [0.1, 0.15) is 11.3 Å². The number of aromatic nitrogens is 1. The minimum Gasteiger partial charge on any atom is -0.383 e. The number of hydrogen-bond donors (Lipinski definition) is 2. The van der Waals surface area contributed by atoms with Crippen molar-refractivity contribution in [2.24, 2.45) is 10.8 Å². The van der Waals surface area contributed by atoms with Gasteiger partial charge < -0.3 is 10.2 Å². The predicted octanol–water partition coefficient (Wildman–Crippen LogP) is 0.957. The molecule has 5 nitrogen and oxygen atoms in total. The summed E-state index contributed by atoms with van der Waals surface area (Å²) in [4.78, 5) is 7.67. The number of hydrogen-bond acceptors (Lipinski definition) is 4. The Morgan fingerprint density at radius 2 is 2.22 bits per heavy atom. The second kappa shape index (κ2) is 6.31. The maximum atomic E-state index is 12.3. The zero-order valence-corrected chi connectivity index (χ0v) is 9.66. The van der Waals surface area contributed by atoms with Crippen LogP contribution in [-0.4, -0.2) is 31.1 Å². The second-order valence-electron chi connectivity index (χ2n) is 3.30. The van der Waals surface area contributed by atoms with E-state index >= 15 is 0 Å². The molecule has 8 heteroatoms. The van der Waals surface area contributed by atoms with E-state index in [1.54, 1.807) is 0 Å². The van der Waals surface area contributed by atoms with E-state index < -0.39 is 11.7 Å². The standard InChI is InChI=1S/C10H13F3N4O/c1-18-5-4-15-9(17-14)8-3-2-7(6-16-8)10(11,12)13/h2-3,6H,4-5,14H2,1H3,(H,15,17). The summed E-state index contributed by atoms with van der Waals surface area (Å²) in [7, 11) is 1.52. The minimum absolute atomic E-state index is 0.209. The Morgan fingerprint density at radius 1 is 1.50 bits per heavy atom. The Balaban J connectivity index is 2.85. The molecule has 1 aromatic heterocycles. The molecule has 3 N–H and O–H groups in total. The van der Waals surface area contributed by atoms with Crippen LogP contribution >= 0.6 is 0 Å². The normalized spacial score (nSPS) is 12.6. The fraction of sp³-hybridized carbons (Fsp3) is 0.400. The third kappa shape index (κ3) is 3.97. The summed E-state index contributed by atoms with van der Waals surface area (Å²) in [5.41, 5.74) is 1.70. The summed E-state index contributed by atoms with van der Waals surface area (Å²) >= 11 is 0. The van der Waals surface area contributed by atoms with E-state index in [0.29, 0.717) is 13.2 Å². The highest BCUT2D eigenvalue weighted by molar-refractivity contribution is 5.96. The Bertz CT molecular complexity index is 403. The van der Waals surface area contributed by atoms with Crippen molar-refractivity contribution in [3.8, 4) is 0 Å². The van der Waals surface area contributed by atoms with Crippen LogP contribution in [0.3, 0.4) is 0 Å². The predicted molar refractivity (Wildman–Crippen MR) is 59.8 cm³/mol. The fourth-order valence-electron chi connectivity index (χ4n) is 1.15. The van der Waals surface area contributed by atoms with Gasteiger partial charge in [-0.2, -0.15) is 13.2 Å². The first-order chi connectivity index (χ1) is 8.49. The van der Waals surface area contributed by atoms with Gasteiger partial charge in [0.2, 0.25) is 0 Å². The third-order valence-corrected chi connectivity index (χ3v) is 2.04. The Hall–Kier alpha value is -1.67. The molecular weight excluding hydrogens is 249 g/mol. The van der Waals surface area contributed by atoms with E-state index in [9.17, 15) is 13.2 Å². The van der Waals surface area contributed by atoms with E-state index in [2.05, 4.69) is 15.4 Å². The molecule has 0 aliphatic carbocycles. The van der Waals surface area contributed by atoms with Crippen LogP contribution in [0.5, 0.6) is 0 Å². The van der Waals surface area contributed by atoms with Crippen molar-refractivity contribution in [1.82, 2.24) is 10.4 Å². The summed E-state index contributed by atoms with van der Waals surface area (Å²) < 4.78 is 41.8. The Morgan fingerprint density at radius 3 is 2.67 bits per heavy atom. The molecule has 0 spiro atoms. The monoisotopic (exact) mass is 262 g/mol. The van der Waals surface area contributed by atoms with E-state index in [1.165, 1.54) is 13.2 Å². The van der Waals surface area contributed by atoms with E-state index in [4.69, 9.17) is 10.6 Å². The SMILES string of the molecule is COCCN=C(NN)c1ccc(C(F)(F)F)cn1. The third-order valence-electron chi connectivity index (χ3n) is 2.04. The number of amidine groups is 1. The average molecular weight is 262 g/mol. The number of alkyl halides is 3. The first-order valence-corrected chi connectivity index (χ1v) is 5.02. The molecule has 0 aliphatic rings. The molecule has 0 radical (unpaired) electrons. The second-order valence-corrected chi connectivity index (χ2v) is 3.30. The smallest absolute Gasteiger partial charge is 0.383 e. The van der Waals surface area contributed by atoms with Crippen LogP contribution in [0.2, 0.25) is 0 Å². The highest BCUT2D eigenvalue weighted by Gasteiger charge is 2.30. The van der Waals surface area contributed by atoms with Gasteiger partial charge in [0.05, 0.1) is 18.7 Å². The number of nitrogens with two attached hydrogens (primary N) is 1. The highest BCUT2D eigenvalue weighted by atomic mass is 19.4. The molecule has 18 heavy (non-hydrogen) atoms. The number of ether oxygens (including phenoxy) is 1. The molecule has 0 aliphatic heterocycles. The van der Waals surface area contributed by atoms with Crippen LogP contribution in [0.4, 0.5) is 13.2 Å². The summed E-state index contributed by atoms with van der Waals surface area (Å²) in [5.74, 6) is 5.44. The lowest BCUT2D eigenvalue weighted by atomic mass is 10.2. The van der Waals surface area contributed by atoms with Gasteiger partial charge >= 0.3 is 6.18 Å². The molecule has 1 heterocycles. The van der Waals surface area contributed by atoms with Crippen LogP contribution in [0.25, 0.3) is 0 Å². The van der Waals surface area contributed by atoms with Gasteiger partial charge in [-0.25, -0.2) is 5.84 Å². The van der Waals surface area contributed by atoms with Gasteiger partial charge in [-0.3, -0.25) is 9.98 Å². The lowest BCUT2D eigenvalue weighted by molar-refractivity contribution is -0.137. The zero-order valence-electron chi connectivity index (χ0n) is 9.66. The molecule has 1 rings (SSSR count). The van der Waals surface area contributed by atoms with Crippen LogP contribution in [-0.2, 0) is 10.9 Å². The molecule has 0 aromatic carbocycles. The number of aliphatic imine (C=N–C) groups is 1. The maximum Gasteiger partial charge on any atom is 0.417 e. The number of rotatable bonds is 4. The van der Waals surface area contributed by atoms with Gasteiger partial charge in [-0.1, -0.05) is 0 Å². The molecule has 0 unspecified atom stereocenters. The summed E-state index contributed by atoms with van der Waals surface area (Å²) in [6.07, 6.45) is -3.67. The molecule has 0 amide bonds. The molecule has 0 saturated heterocycles. The van der Waals surface area contributed by atoms with Crippen molar-refractivity contribution >= 4 is 5.84 Å². The van der Waals surface area contributed by atoms with Crippen LogP contribution in [0, 0.1) is 0 Å². The van der Waals surface area contributed by atoms with E-state index in [0.717, 1.165) is 12.3 Å². The van der Waals surface area contributed by atoms with Crippen LogP contribution < -0.4 is 11.3 Å². The zero-order chi connectivity index (χ0) is 13.6. The summed E-state index contributed by atoms with van der Waals surface area (Å²) in [6.45, 7) is 0.713. The number of halogens is 3. The number of hydrazine groups is 1. The Kier molecular flexibility index (Phi) is 5.05. The van der Waals surface area contributed by atoms with Crippen molar-refractivity contribution in [2.75, 3.05) is 20.3 Å². The highest BCUT2D eigenvalue weighted by Crippen LogP contribution is 2.28. The average Bonchev–Trinajstić information content (AvgIpc) is 2.34. The molecule has 0 bridgehead atoms. The molecule has 1 aromatic rings. The molecular formula is C10H13F3N4O. The number of nitrogens with zero attached hydrogens (tertiary/aromatic N) is 2. The topological polar surface area (TPSA) is 72.5 Å². The molecule has 0 fully saturated rings. The van der Waals surface area contributed by atoms with Gasteiger partial charge in [0.15, 0.2) is 5.84 Å². The van der Waals surface area contributed by atoms with Crippen molar-refractivity contribution in [1.29, 1.82) is 0 Å². The van der Waals surface area contributed by atoms with Gasteiger partial charge in [-0.15, -0.1) is 0 Å². The van der Waals surface area contributed by atoms with Gasteiger partial charge in [0, 0.05) is 13.3 Å². The van der Waals surface area contributed by atoms with Crippen molar-refractivity contribution < 1.29 is 17.9 Å². The van der Waals surface area contributed by atoms with Crippen molar-refractivity contribution in [3.05, 3.63) is 29.6 Å². The number of nitrogens with one attached hydrogen (secondary N) is 1. The fourth-order valence-corrected chi connectivity index (χ4v) is 1.15. The van der Waals surface area contributed by atoms with E-state index in [1.807, 2.05) is 0 Å². The van der Waals surface area contributed by atoms with Gasteiger partial charge in [0.25, 0.3) is 0 Å². The molecule has 0 atom stereocenters. The van der Waals surface area contributed by atoms with Gasteiger partial charge in [0.1, 0.15) is 5.69 Å². The lowest BCUT2D eigenvalue weighted by Crippen LogP contribution is -2.32. The first-order valence-electron chi connectivity index (χ1n) is 5.02. The van der Waals surface area contributed by atoms with E-state index in [-0.39, 0.29) is 11.5 Å². The van der Waals surface area contributed by atoms with Crippen molar-refractivity contribution in [3.63, 3.8) is 0 Å². The largest absolute Gasteiger partial charge is 0.417 e. The summed E-state index contributed by atoms with van der Waals surface area (Å²) in [6, 6.07) is 2.12. The minimum atomic E-state index is -4.41. The van der Waals surface area contributed by atoms with Crippen LogP contribution in [0.15, 0.2) is 23.3 Å². The molecule has 100 valence electrons. The quantitative estimate of drug-likeness (QED) is 0.279. The maximum absolute atomic E-state index is 12.3. The number of pyridine rings is 1. The molecule has 0 saturated carbocycles. The first kappa shape index (κ1) is 14.4. The van der Waals surface area contributed by atoms with Gasteiger partial charge in [-0.05, 0) is 12.1 Å². The number of methoxy groups -OCH3 is 1. The Labute approximate surface area is 102 Å². The van der Waals surface area contributed by atoms with Crippen molar-refractivity contribution in [2.45, 2.75) is 6.18 Å². The lowest BCUT2D eigenvalue weighted by Gasteiger charge is -2.08. The summed E-state index contributed by atoms with van der Waals surface area (Å²) in [5, 5.41) is 0.